The van der Waals surface area contributed by atoms with Gasteiger partial charge in [-0.2, -0.15) is 0 Å². The zero-order valence-corrected chi connectivity index (χ0v) is 22.7. The topological polar surface area (TPSA) is 18.5 Å². The molecular formula is C34H32O2S. The summed E-state index contributed by atoms with van der Waals surface area (Å²) < 4.78 is 11.5. The number of hydrogen-bond acceptors (Lipinski definition) is 3. The van der Waals surface area contributed by atoms with Gasteiger partial charge >= 0.3 is 0 Å². The van der Waals surface area contributed by atoms with Gasteiger partial charge in [-0.25, -0.2) is 0 Å². The van der Waals surface area contributed by atoms with Crippen LogP contribution in [0, 0.1) is 13.8 Å². The predicted molar refractivity (Wildman–Crippen MR) is 158 cm³/mol. The normalized spacial score (nSPS) is 10.9. The molecule has 0 aliphatic rings. The number of thiophene rings is 1. The van der Waals surface area contributed by atoms with Crippen molar-refractivity contribution in [3.8, 4) is 54.6 Å². The first-order chi connectivity index (χ1) is 18.1. The van der Waals surface area contributed by atoms with E-state index in [1.807, 2.05) is 25.2 Å². The minimum atomic E-state index is 0.654. The average molecular weight is 505 g/mol. The summed E-state index contributed by atoms with van der Waals surface area (Å²) in [5.74, 6) is 1.78. The molecule has 2 nitrogen and oxygen atoms in total. The van der Waals surface area contributed by atoms with Gasteiger partial charge in [0.05, 0.1) is 13.2 Å². The van der Waals surface area contributed by atoms with Crippen molar-refractivity contribution in [1.82, 2.24) is 0 Å². The van der Waals surface area contributed by atoms with E-state index in [0.717, 1.165) is 11.5 Å². The molecule has 0 aliphatic carbocycles. The Morgan fingerprint density at radius 2 is 0.784 bits per heavy atom. The van der Waals surface area contributed by atoms with E-state index in [1.54, 1.807) is 0 Å². The van der Waals surface area contributed by atoms with E-state index >= 15 is 0 Å². The first kappa shape index (κ1) is 24.9. The highest BCUT2D eigenvalue weighted by atomic mass is 32.1. The Labute approximate surface area is 224 Å². The summed E-state index contributed by atoms with van der Waals surface area (Å²) in [6.07, 6.45) is 0. The molecule has 0 saturated carbocycles. The van der Waals surface area contributed by atoms with Crippen molar-refractivity contribution < 1.29 is 9.47 Å². The molecular weight excluding hydrogens is 472 g/mol. The maximum Gasteiger partial charge on any atom is 0.119 e. The minimum Gasteiger partial charge on any atom is -0.494 e. The lowest BCUT2D eigenvalue weighted by Crippen LogP contribution is -1.92. The van der Waals surface area contributed by atoms with E-state index in [4.69, 9.17) is 9.47 Å². The Kier molecular flexibility index (Phi) is 7.43. The SMILES string of the molecule is CCOc1ccc(-c2c(-c3ccc(C)cc3)sc(-c3ccc(C)cc3)c2-c2ccc(OCC)cc2)cc1. The molecule has 0 saturated heterocycles. The van der Waals surface area contributed by atoms with Gasteiger partial charge in [0, 0.05) is 20.9 Å². The quantitative estimate of drug-likeness (QED) is 0.209. The van der Waals surface area contributed by atoms with Crippen LogP contribution in [0.2, 0.25) is 0 Å². The summed E-state index contributed by atoms with van der Waals surface area (Å²) in [5.41, 5.74) is 9.82. The van der Waals surface area contributed by atoms with Gasteiger partial charge in [0.1, 0.15) is 11.5 Å². The second-order valence-corrected chi connectivity index (χ2v) is 10.2. The third-order valence-corrected chi connectivity index (χ3v) is 7.73. The lowest BCUT2D eigenvalue weighted by Gasteiger charge is -2.13. The summed E-state index contributed by atoms with van der Waals surface area (Å²) in [5, 5.41) is 0. The number of ether oxygens (including phenoxy) is 2. The van der Waals surface area contributed by atoms with Gasteiger partial charge in [0.15, 0.2) is 0 Å². The summed E-state index contributed by atoms with van der Waals surface area (Å²) in [7, 11) is 0. The Morgan fingerprint density at radius 1 is 0.459 bits per heavy atom. The third-order valence-electron chi connectivity index (χ3n) is 6.44. The zero-order chi connectivity index (χ0) is 25.8. The van der Waals surface area contributed by atoms with Gasteiger partial charge in [-0.15, -0.1) is 11.3 Å². The van der Waals surface area contributed by atoms with Crippen LogP contribution < -0.4 is 9.47 Å². The second-order valence-electron chi connectivity index (χ2n) is 9.16. The van der Waals surface area contributed by atoms with Crippen molar-refractivity contribution >= 4 is 11.3 Å². The van der Waals surface area contributed by atoms with Crippen molar-refractivity contribution in [2.45, 2.75) is 27.7 Å². The maximum atomic E-state index is 5.75. The Morgan fingerprint density at radius 3 is 1.11 bits per heavy atom. The minimum absolute atomic E-state index is 0.654. The van der Waals surface area contributed by atoms with Gasteiger partial charge in [-0.3, -0.25) is 0 Å². The van der Waals surface area contributed by atoms with Crippen molar-refractivity contribution in [1.29, 1.82) is 0 Å². The lowest BCUT2D eigenvalue weighted by atomic mass is 9.91. The molecule has 0 bridgehead atoms. The molecule has 0 N–H and O–H groups in total. The molecule has 0 atom stereocenters. The molecule has 5 rings (SSSR count). The molecule has 0 fully saturated rings. The molecule has 186 valence electrons. The standard InChI is InChI=1S/C34H32O2S/c1-5-35-29-19-15-25(16-20-29)31-32(26-17-21-30(22-18-26)36-6-2)34(28-13-9-24(4)10-14-28)37-33(31)27-11-7-23(3)8-12-27/h7-22H,5-6H2,1-4H3. The van der Waals surface area contributed by atoms with E-state index in [2.05, 4.69) is 111 Å². The van der Waals surface area contributed by atoms with Crippen LogP contribution in [0.1, 0.15) is 25.0 Å². The molecule has 0 amide bonds. The molecule has 3 heteroatoms. The summed E-state index contributed by atoms with van der Waals surface area (Å²) in [6, 6.07) is 34.7. The largest absolute Gasteiger partial charge is 0.494 e. The molecule has 1 aromatic heterocycles. The first-order valence-corrected chi connectivity index (χ1v) is 13.7. The van der Waals surface area contributed by atoms with Crippen molar-refractivity contribution in [2.24, 2.45) is 0 Å². The zero-order valence-electron chi connectivity index (χ0n) is 21.9. The molecule has 1 heterocycles. The maximum absolute atomic E-state index is 5.75. The van der Waals surface area contributed by atoms with E-state index in [-0.39, 0.29) is 0 Å². The van der Waals surface area contributed by atoms with E-state index in [0.29, 0.717) is 13.2 Å². The molecule has 0 unspecified atom stereocenters. The third kappa shape index (κ3) is 5.33. The van der Waals surface area contributed by atoms with Crippen LogP contribution in [0.5, 0.6) is 11.5 Å². The average Bonchev–Trinajstić information content (AvgIpc) is 3.31. The van der Waals surface area contributed by atoms with Crippen LogP contribution >= 0.6 is 11.3 Å². The molecule has 0 aliphatic heterocycles. The number of rotatable bonds is 8. The molecule has 4 aromatic carbocycles. The van der Waals surface area contributed by atoms with Crippen LogP contribution in [0.15, 0.2) is 97.1 Å². The summed E-state index contributed by atoms with van der Waals surface area (Å²) >= 11 is 1.86. The smallest absolute Gasteiger partial charge is 0.119 e. The second kappa shape index (κ2) is 11.1. The molecule has 0 radical (unpaired) electrons. The first-order valence-electron chi connectivity index (χ1n) is 12.8. The van der Waals surface area contributed by atoms with E-state index < -0.39 is 0 Å². The van der Waals surface area contributed by atoms with Crippen LogP contribution in [-0.4, -0.2) is 13.2 Å². The summed E-state index contributed by atoms with van der Waals surface area (Å²) in [4.78, 5) is 2.53. The number of benzene rings is 4. The number of hydrogen-bond donors (Lipinski definition) is 0. The molecule has 37 heavy (non-hydrogen) atoms. The number of aryl methyl sites for hydroxylation is 2. The van der Waals surface area contributed by atoms with Gasteiger partial charge < -0.3 is 9.47 Å². The van der Waals surface area contributed by atoms with Gasteiger partial charge in [0.25, 0.3) is 0 Å². The van der Waals surface area contributed by atoms with E-state index in [9.17, 15) is 0 Å². The fourth-order valence-electron chi connectivity index (χ4n) is 4.57. The monoisotopic (exact) mass is 504 g/mol. The van der Waals surface area contributed by atoms with Crippen molar-refractivity contribution in [3.05, 3.63) is 108 Å². The van der Waals surface area contributed by atoms with Crippen molar-refractivity contribution in [3.63, 3.8) is 0 Å². The van der Waals surface area contributed by atoms with Crippen LogP contribution in [0.25, 0.3) is 43.1 Å². The van der Waals surface area contributed by atoms with Crippen molar-refractivity contribution in [2.75, 3.05) is 13.2 Å². The van der Waals surface area contributed by atoms with Gasteiger partial charge in [-0.1, -0.05) is 83.9 Å². The highest BCUT2D eigenvalue weighted by molar-refractivity contribution is 7.20. The summed E-state index contributed by atoms with van der Waals surface area (Å²) in [6.45, 7) is 9.60. The van der Waals surface area contributed by atoms with Crippen LogP contribution in [0.3, 0.4) is 0 Å². The van der Waals surface area contributed by atoms with Gasteiger partial charge in [0.2, 0.25) is 0 Å². The Bertz CT molecular complexity index is 1350. The fourth-order valence-corrected chi connectivity index (χ4v) is 5.92. The highest BCUT2D eigenvalue weighted by Crippen LogP contribution is 2.52. The van der Waals surface area contributed by atoms with Crippen LogP contribution in [-0.2, 0) is 0 Å². The van der Waals surface area contributed by atoms with E-state index in [1.165, 1.54) is 54.3 Å². The fraction of sp³-hybridized carbons (Fsp3) is 0.176. The Balaban J connectivity index is 1.79. The Hall–Kier alpha value is -3.82. The highest BCUT2D eigenvalue weighted by Gasteiger charge is 2.23. The van der Waals surface area contributed by atoms with Gasteiger partial charge in [-0.05, 0) is 74.2 Å². The predicted octanol–water partition coefficient (Wildman–Crippen LogP) is 9.83. The lowest BCUT2D eigenvalue weighted by molar-refractivity contribution is 0.340. The molecule has 0 spiro atoms. The van der Waals surface area contributed by atoms with Crippen LogP contribution in [0.4, 0.5) is 0 Å². The molecule has 5 aromatic rings.